The van der Waals surface area contributed by atoms with Crippen molar-refractivity contribution in [1.82, 2.24) is 0 Å². The Bertz CT molecular complexity index is 782. The Morgan fingerprint density at radius 2 is 1.73 bits per heavy atom. The lowest BCUT2D eigenvalue weighted by atomic mass is 9.77. The first-order chi connectivity index (χ1) is 12.7. The first-order valence-electron chi connectivity index (χ1n) is 9.12. The predicted octanol–water partition coefficient (Wildman–Crippen LogP) is 4.86. The van der Waals surface area contributed by atoms with Gasteiger partial charge in [0.05, 0.1) is 0 Å². The molecule has 1 amide bonds. The van der Waals surface area contributed by atoms with Gasteiger partial charge >= 0.3 is 0 Å². The van der Waals surface area contributed by atoms with Gasteiger partial charge in [-0.15, -0.1) is 0 Å². The van der Waals surface area contributed by atoms with E-state index < -0.39 is 0 Å². The number of amides is 1. The zero-order valence-electron chi connectivity index (χ0n) is 14.5. The maximum atomic E-state index is 12.9. The van der Waals surface area contributed by atoms with Crippen LogP contribution in [0.4, 0.5) is 10.1 Å². The normalized spacial score (nSPS) is 21.4. The topological polar surface area (TPSA) is 47.6 Å². The summed E-state index contributed by atoms with van der Waals surface area (Å²) in [5.74, 6) is 2.28. The highest BCUT2D eigenvalue weighted by Crippen LogP contribution is 2.41. The predicted molar refractivity (Wildman–Crippen MR) is 96.9 cm³/mol. The second-order valence-corrected chi connectivity index (χ2v) is 7.09. The summed E-state index contributed by atoms with van der Waals surface area (Å²) in [6.07, 6.45) is 4.75. The maximum absolute atomic E-state index is 12.9. The second kappa shape index (κ2) is 7.36. The Balaban J connectivity index is 1.28. The number of ether oxygens (including phenoxy) is 2. The molecule has 1 aliphatic heterocycles. The monoisotopic (exact) mass is 355 g/mol. The lowest BCUT2D eigenvalue weighted by Crippen LogP contribution is -2.20. The highest BCUT2D eigenvalue weighted by molar-refractivity contribution is 5.90. The molecule has 0 unspecified atom stereocenters. The molecule has 5 heteroatoms. The van der Waals surface area contributed by atoms with Crippen molar-refractivity contribution in [3.05, 3.63) is 53.8 Å². The van der Waals surface area contributed by atoms with Crippen LogP contribution >= 0.6 is 0 Å². The minimum Gasteiger partial charge on any atom is -0.454 e. The molecular weight excluding hydrogens is 333 g/mol. The van der Waals surface area contributed by atoms with Gasteiger partial charge in [0.15, 0.2) is 11.5 Å². The quantitative estimate of drug-likeness (QED) is 0.852. The van der Waals surface area contributed by atoms with Crippen LogP contribution in [0.5, 0.6) is 11.5 Å². The summed E-state index contributed by atoms with van der Waals surface area (Å²) in [4.78, 5) is 12.2. The average Bonchev–Trinajstić information content (AvgIpc) is 3.12. The van der Waals surface area contributed by atoms with Gasteiger partial charge in [0.25, 0.3) is 0 Å². The van der Waals surface area contributed by atoms with Crippen LogP contribution in [-0.2, 0) is 4.79 Å². The molecule has 136 valence electrons. The van der Waals surface area contributed by atoms with Gasteiger partial charge in [-0.3, -0.25) is 4.79 Å². The summed E-state index contributed by atoms with van der Waals surface area (Å²) in [6, 6.07) is 12.1. The van der Waals surface area contributed by atoms with Crippen LogP contribution in [0.3, 0.4) is 0 Å². The van der Waals surface area contributed by atoms with Gasteiger partial charge in [0.1, 0.15) is 5.82 Å². The summed E-state index contributed by atoms with van der Waals surface area (Å²) < 4.78 is 23.8. The molecule has 0 spiro atoms. The van der Waals surface area contributed by atoms with E-state index in [4.69, 9.17) is 9.47 Å². The third kappa shape index (κ3) is 3.82. The first-order valence-corrected chi connectivity index (χ1v) is 9.12. The van der Waals surface area contributed by atoms with Crippen LogP contribution in [0.2, 0.25) is 0 Å². The van der Waals surface area contributed by atoms with Gasteiger partial charge in [-0.1, -0.05) is 6.07 Å². The van der Waals surface area contributed by atoms with Gasteiger partial charge in [-0.25, -0.2) is 4.39 Å². The molecule has 1 saturated carbocycles. The zero-order chi connectivity index (χ0) is 17.9. The van der Waals surface area contributed by atoms with Crippen LogP contribution in [0.1, 0.15) is 43.6 Å². The number of rotatable bonds is 4. The molecular formula is C21H22FNO3. The maximum Gasteiger partial charge on any atom is 0.231 e. The van der Waals surface area contributed by atoms with Gasteiger partial charge in [-0.2, -0.15) is 0 Å². The van der Waals surface area contributed by atoms with Crippen molar-refractivity contribution in [2.45, 2.75) is 38.0 Å². The SMILES string of the molecule is O=C(CC1CCC(c2ccc3c(c2)OCO3)CC1)Nc1ccc(F)cc1. The largest absolute Gasteiger partial charge is 0.454 e. The second-order valence-electron chi connectivity index (χ2n) is 7.09. The lowest BCUT2D eigenvalue weighted by Gasteiger charge is -2.28. The van der Waals surface area contributed by atoms with Crippen LogP contribution in [-0.4, -0.2) is 12.7 Å². The number of carbonyl (C=O) groups is 1. The number of hydrogen-bond acceptors (Lipinski definition) is 3. The van der Waals surface area contributed by atoms with Crippen molar-refractivity contribution in [2.24, 2.45) is 5.92 Å². The number of halogens is 1. The van der Waals surface area contributed by atoms with Gasteiger partial charge < -0.3 is 14.8 Å². The fraction of sp³-hybridized carbons (Fsp3) is 0.381. The third-order valence-electron chi connectivity index (χ3n) is 5.32. The summed E-state index contributed by atoms with van der Waals surface area (Å²) in [7, 11) is 0. The van der Waals surface area contributed by atoms with E-state index in [1.807, 2.05) is 6.07 Å². The molecule has 1 N–H and O–H groups in total. The lowest BCUT2D eigenvalue weighted by molar-refractivity contribution is -0.117. The molecule has 4 nitrogen and oxygen atoms in total. The van der Waals surface area contributed by atoms with Crippen molar-refractivity contribution >= 4 is 11.6 Å². The van der Waals surface area contributed by atoms with Crippen LogP contribution in [0.15, 0.2) is 42.5 Å². The first kappa shape index (κ1) is 16.9. The summed E-state index contributed by atoms with van der Waals surface area (Å²) in [5.41, 5.74) is 1.94. The van der Waals surface area contributed by atoms with E-state index in [0.717, 1.165) is 37.2 Å². The zero-order valence-corrected chi connectivity index (χ0v) is 14.5. The number of benzene rings is 2. The van der Waals surface area contributed by atoms with Crippen LogP contribution < -0.4 is 14.8 Å². The van der Waals surface area contributed by atoms with Crippen molar-refractivity contribution in [3.63, 3.8) is 0 Å². The molecule has 1 fully saturated rings. The van der Waals surface area contributed by atoms with Crippen molar-refractivity contribution < 1.29 is 18.7 Å². The summed E-state index contributed by atoms with van der Waals surface area (Å²) >= 11 is 0. The number of nitrogens with one attached hydrogen (secondary N) is 1. The van der Waals surface area contributed by atoms with E-state index in [-0.39, 0.29) is 11.7 Å². The van der Waals surface area contributed by atoms with Crippen molar-refractivity contribution in [2.75, 3.05) is 12.1 Å². The van der Waals surface area contributed by atoms with E-state index in [1.54, 1.807) is 12.1 Å². The standard InChI is InChI=1S/C21H22FNO3/c22-17-6-8-18(9-7-17)23-21(24)11-14-1-3-15(4-2-14)16-5-10-19-20(12-16)26-13-25-19/h5-10,12,14-15H,1-4,11,13H2,(H,23,24). The minimum absolute atomic E-state index is 0.00291. The number of fused-ring (bicyclic) bond motifs is 1. The van der Waals surface area contributed by atoms with E-state index in [9.17, 15) is 9.18 Å². The molecule has 4 rings (SSSR count). The van der Waals surface area contributed by atoms with E-state index in [2.05, 4.69) is 17.4 Å². The average molecular weight is 355 g/mol. The molecule has 2 aromatic rings. The van der Waals surface area contributed by atoms with Gasteiger partial charge in [0.2, 0.25) is 12.7 Å². The Labute approximate surface area is 152 Å². The Kier molecular flexibility index (Phi) is 4.78. The van der Waals surface area contributed by atoms with E-state index >= 15 is 0 Å². The molecule has 26 heavy (non-hydrogen) atoms. The van der Waals surface area contributed by atoms with Gasteiger partial charge in [0, 0.05) is 12.1 Å². The smallest absolute Gasteiger partial charge is 0.231 e. The highest BCUT2D eigenvalue weighted by Gasteiger charge is 2.25. The molecule has 0 saturated heterocycles. The van der Waals surface area contributed by atoms with Crippen molar-refractivity contribution in [1.29, 1.82) is 0 Å². The Morgan fingerprint density at radius 3 is 2.50 bits per heavy atom. The van der Waals surface area contributed by atoms with E-state index in [0.29, 0.717) is 30.7 Å². The van der Waals surface area contributed by atoms with Gasteiger partial charge in [-0.05, 0) is 79.5 Å². The molecule has 0 radical (unpaired) electrons. The van der Waals surface area contributed by atoms with Crippen LogP contribution in [0, 0.1) is 11.7 Å². The fourth-order valence-corrected chi connectivity index (χ4v) is 3.87. The third-order valence-corrected chi connectivity index (χ3v) is 5.32. The van der Waals surface area contributed by atoms with E-state index in [1.165, 1.54) is 17.7 Å². The number of anilines is 1. The Morgan fingerprint density at radius 1 is 1.00 bits per heavy atom. The molecule has 2 aromatic carbocycles. The molecule has 0 aromatic heterocycles. The van der Waals surface area contributed by atoms with Crippen LogP contribution in [0.25, 0.3) is 0 Å². The molecule has 0 atom stereocenters. The molecule has 2 aliphatic rings. The fourth-order valence-electron chi connectivity index (χ4n) is 3.87. The minimum atomic E-state index is -0.301. The number of hydrogen-bond donors (Lipinski definition) is 1. The summed E-state index contributed by atoms with van der Waals surface area (Å²) in [6.45, 7) is 0.300. The molecule has 1 aliphatic carbocycles. The molecule has 1 heterocycles. The highest BCUT2D eigenvalue weighted by atomic mass is 19.1. The Hall–Kier alpha value is -2.56. The molecule has 0 bridgehead atoms. The summed E-state index contributed by atoms with van der Waals surface area (Å²) in [5, 5.41) is 2.85. The number of carbonyl (C=O) groups excluding carboxylic acids is 1. The van der Waals surface area contributed by atoms with Crippen molar-refractivity contribution in [3.8, 4) is 11.5 Å².